The molecule has 0 saturated carbocycles. The maximum atomic E-state index is 13.1. The number of nitrogens with two attached hydrogens (primary N) is 1. The minimum absolute atomic E-state index is 0.271. The zero-order valence-corrected chi connectivity index (χ0v) is 21.1. The molecular weight excluding hydrogens is 468 g/mol. The lowest BCUT2D eigenvalue weighted by Crippen LogP contribution is -2.54. The van der Waals surface area contributed by atoms with E-state index in [4.69, 9.17) is 17.3 Å². The molecule has 1 aromatic heterocycles. The smallest absolute Gasteiger partial charge is 0.262 e. The van der Waals surface area contributed by atoms with Crippen molar-refractivity contribution in [1.82, 2.24) is 15.5 Å². The van der Waals surface area contributed by atoms with Crippen LogP contribution in [0.5, 0.6) is 0 Å². The van der Waals surface area contributed by atoms with Crippen LogP contribution in [0.1, 0.15) is 41.9 Å². The van der Waals surface area contributed by atoms with E-state index in [-0.39, 0.29) is 11.8 Å². The van der Waals surface area contributed by atoms with E-state index in [0.29, 0.717) is 15.6 Å². The van der Waals surface area contributed by atoms with Crippen molar-refractivity contribution < 1.29 is 9.59 Å². The summed E-state index contributed by atoms with van der Waals surface area (Å²) in [6, 6.07) is 11.3. The van der Waals surface area contributed by atoms with Crippen LogP contribution in [0, 0.1) is 0 Å². The highest BCUT2D eigenvalue weighted by molar-refractivity contribution is 7.18. The van der Waals surface area contributed by atoms with Gasteiger partial charge >= 0.3 is 0 Å². The SMILES string of the molecule is CN1CCC2=CC=C(NC(=O)C(C)(C)NC(=O)c3ccc(Cl)s3)CC2=C(c2ccc(N)cc2)C1. The molecule has 178 valence electrons. The number of nitrogens with zero attached hydrogens (tertiary/aromatic N) is 1. The Kier molecular flexibility index (Phi) is 6.98. The summed E-state index contributed by atoms with van der Waals surface area (Å²) in [5.41, 5.74) is 11.3. The molecule has 2 aromatic rings. The zero-order chi connectivity index (χ0) is 24.5. The maximum Gasteiger partial charge on any atom is 0.262 e. The Bertz CT molecular complexity index is 1210. The minimum atomic E-state index is -1.10. The summed E-state index contributed by atoms with van der Waals surface area (Å²) in [4.78, 5) is 28.5. The summed E-state index contributed by atoms with van der Waals surface area (Å²) >= 11 is 7.12. The van der Waals surface area contributed by atoms with Crippen molar-refractivity contribution >= 4 is 46.0 Å². The number of nitrogens with one attached hydrogen (secondary N) is 2. The van der Waals surface area contributed by atoms with Gasteiger partial charge in [0.2, 0.25) is 5.91 Å². The highest BCUT2D eigenvalue weighted by Crippen LogP contribution is 2.36. The van der Waals surface area contributed by atoms with Gasteiger partial charge < -0.3 is 21.3 Å². The molecule has 0 bridgehead atoms. The number of likely N-dealkylation sites (N-methyl/N-ethyl adjacent to an activating group) is 1. The molecule has 6 nitrogen and oxygen atoms in total. The molecule has 0 spiro atoms. The number of nitrogen functional groups attached to an aromatic ring is 1. The lowest BCUT2D eigenvalue weighted by atomic mass is 9.87. The molecule has 2 amide bonds. The van der Waals surface area contributed by atoms with Gasteiger partial charge in [0, 0.05) is 30.9 Å². The number of halogens is 1. The third-order valence-corrected chi connectivity index (χ3v) is 7.35. The van der Waals surface area contributed by atoms with Crippen molar-refractivity contribution in [1.29, 1.82) is 0 Å². The molecule has 34 heavy (non-hydrogen) atoms. The van der Waals surface area contributed by atoms with E-state index in [1.54, 1.807) is 26.0 Å². The van der Waals surface area contributed by atoms with Gasteiger partial charge in [-0.1, -0.05) is 29.8 Å². The number of carbonyl (C=O) groups is 2. The van der Waals surface area contributed by atoms with Crippen molar-refractivity contribution in [2.45, 2.75) is 32.2 Å². The fourth-order valence-corrected chi connectivity index (χ4v) is 5.07. The largest absolute Gasteiger partial charge is 0.399 e. The highest BCUT2D eigenvalue weighted by Gasteiger charge is 2.32. The maximum absolute atomic E-state index is 13.1. The molecule has 4 rings (SSSR count). The Hall–Kier alpha value is -2.87. The number of carbonyl (C=O) groups excluding carboxylic acids is 2. The lowest BCUT2D eigenvalue weighted by Gasteiger charge is -2.27. The number of hydrogen-bond acceptors (Lipinski definition) is 5. The molecule has 1 aliphatic heterocycles. The van der Waals surface area contributed by atoms with Crippen LogP contribution in [0.15, 0.2) is 65.4 Å². The third kappa shape index (κ3) is 5.43. The number of rotatable bonds is 5. The molecule has 0 fully saturated rings. The molecule has 0 unspecified atom stereocenters. The monoisotopic (exact) mass is 496 g/mol. The molecule has 4 N–H and O–H groups in total. The second kappa shape index (κ2) is 9.78. The van der Waals surface area contributed by atoms with Gasteiger partial charge in [-0.05, 0) is 79.9 Å². The number of fused-ring (bicyclic) bond motifs is 1. The first-order chi connectivity index (χ1) is 16.1. The van der Waals surface area contributed by atoms with Crippen LogP contribution in [0.4, 0.5) is 5.69 Å². The molecule has 2 aliphatic rings. The fraction of sp³-hybridized carbons (Fsp3) is 0.308. The number of anilines is 1. The van der Waals surface area contributed by atoms with Gasteiger partial charge in [-0.25, -0.2) is 0 Å². The van der Waals surface area contributed by atoms with Gasteiger partial charge in [-0.2, -0.15) is 0 Å². The predicted octanol–water partition coefficient (Wildman–Crippen LogP) is 4.61. The lowest BCUT2D eigenvalue weighted by molar-refractivity contribution is -0.125. The second-order valence-corrected chi connectivity index (χ2v) is 11.0. The van der Waals surface area contributed by atoms with Gasteiger partial charge in [0.1, 0.15) is 5.54 Å². The standard InChI is InChI=1S/C26H29ClN4O2S/c1-26(2,30-24(32)22-10-11-23(27)34-22)25(33)29-19-9-6-17-12-13-31(3)15-21(20(17)14-19)16-4-7-18(28)8-5-16/h4-11H,12-15,28H2,1-3H3,(H,29,33)(H,30,32). The molecule has 0 saturated heterocycles. The number of benzene rings is 1. The summed E-state index contributed by atoms with van der Waals surface area (Å²) in [5, 5.41) is 5.85. The van der Waals surface area contributed by atoms with E-state index >= 15 is 0 Å². The van der Waals surface area contributed by atoms with E-state index in [9.17, 15) is 9.59 Å². The van der Waals surface area contributed by atoms with Gasteiger partial charge in [0.15, 0.2) is 0 Å². The van der Waals surface area contributed by atoms with Crippen molar-refractivity contribution in [3.8, 4) is 0 Å². The number of amides is 2. The van der Waals surface area contributed by atoms with Gasteiger partial charge in [0.05, 0.1) is 9.21 Å². The first-order valence-corrected chi connectivity index (χ1v) is 12.4. The van der Waals surface area contributed by atoms with Crippen LogP contribution in [0.2, 0.25) is 4.34 Å². The Morgan fingerprint density at radius 3 is 2.50 bits per heavy atom. The molecule has 8 heteroatoms. The zero-order valence-electron chi connectivity index (χ0n) is 19.6. The fourth-order valence-electron chi connectivity index (χ4n) is 4.13. The Morgan fingerprint density at radius 2 is 1.82 bits per heavy atom. The summed E-state index contributed by atoms with van der Waals surface area (Å²) in [5.74, 6) is -0.594. The van der Waals surface area contributed by atoms with Gasteiger partial charge in [0.25, 0.3) is 5.91 Å². The van der Waals surface area contributed by atoms with Crippen LogP contribution in [-0.4, -0.2) is 42.4 Å². The molecule has 0 radical (unpaired) electrons. The van der Waals surface area contributed by atoms with Crippen molar-refractivity contribution in [3.63, 3.8) is 0 Å². The first-order valence-electron chi connectivity index (χ1n) is 11.2. The minimum Gasteiger partial charge on any atom is -0.399 e. The van der Waals surface area contributed by atoms with E-state index < -0.39 is 5.54 Å². The number of hydrogen-bond donors (Lipinski definition) is 3. The Labute approximate surface area is 209 Å². The van der Waals surface area contributed by atoms with Crippen molar-refractivity contribution in [2.24, 2.45) is 0 Å². The first kappa shape index (κ1) is 24.3. The van der Waals surface area contributed by atoms with Crippen LogP contribution in [-0.2, 0) is 4.79 Å². The molecule has 1 aliphatic carbocycles. The number of allylic oxidation sites excluding steroid dienone is 3. The third-order valence-electron chi connectivity index (χ3n) is 6.12. The van der Waals surface area contributed by atoms with E-state index in [2.05, 4.69) is 40.8 Å². The van der Waals surface area contributed by atoms with Crippen LogP contribution < -0.4 is 16.4 Å². The predicted molar refractivity (Wildman–Crippen MR) is 140 cm³/mol. The Morgan fingerprint density at radius 1 is 1.09 bits per heavy atom. The molecule has 1 aromatic carbocycles. The van der Waals surface area contributed by atoms with Gasteiger partial charge in [-0.15, -0.1) is 11.3 Å². The highest BCUT2D eigenvalue weighted by atomic mass is 35.5. The average molecular weight is 497 g/mol. The van der Waals surface area contributed by atoms with Crippen LogP contribution >= 0.6 is 22.9 Å². The normalized spacial score (nSPS) is 16.8. The van der Waals surface area contributed by atoms with Crippen molar-refractivity contribution in [2.75, 3.05) is 25.9 Å². The number of thiophene rings is 1. The van der Waals surface area contributed by atoms with Gasteiger partial charge in [-0.3, -0.25) is 9.59 Å². The summed E-state index contributed by atoms with van der Waals surface area (Å²) in [7, 11) is 2.12. The molecule has 0 atom stereocenters. The van der Waals surface area contributed by atoms with Crippen molar-refractivity contribution in [3.05, 3.63) is 80.2 Å². The quantitative estimate of drug-likeness (QED) is 0.527. The van der Waals surface area contributed by atoms with Crippen LogP contribution in [0.25, 0.3) is 5.57 Å². The average Bonchev–Trinajstić information content (AvgIpc) is 3.16. The van der Waals surface area contributed by atoms with Crippen LogP contribution in [0.3, 0.4) is 0 Å². The molecular formula is C26H29ClN4O2S. The topological polar surface area (TPSA) is 87.5 Å². The van der Waals surface area contributed by atoms with E-state index in [1.165, 1.54) is 28.1 Å². The molecule has 2 heterocycles. The van der Waals surface area contributed by atoms with E-state index in [0.717, 1.165) is 36.5 Å². The summed E-state index contributed by atoms with van der Waals surface area (Å²) in [6.45, 7) is 5.18. The van der Waals surface area contributed by atoms with E-state index in [1.807, 2.05) is 18.2 Å². The summed E-state index contributed by atoms with van der Waals surface area (Å²) < 4.78 is 0.529. The second-order valence-electron chi connectivity index (χ2n) is 9.26. The summed E-state index contributed by atoms with van der Waals surface area (Å²) in [6.07, 6.45) is 5.65. The Balaban J connectivity index is 1.54.